The Hall–Kier alpha value is -1.26. The van der Waals surface area contributed by atoms with E-state index in [1.165, 1.54) is 19.3 Å². The van der Waals surface area contributed by atoms with Crippen molar-refractivity contribution < 1.29 is 14.7 Å². The van der Waals surface area contributed by atoms with Crippen LogP contribution in [0.3, 0.4) is 0 Å². The monoisotopic (exact) mass is 256 g/mol. The van der Waals surface area contributed by atoms with Gasteiger partial charge in [0.2, 0.25) is 0 Å². The number of aliphatic carboxylic acids is 1. The quantitative estimate of drug-likeness (QED) is 0.637. The molecule has 2 amide bonds. The van der Waals surface area contributed by atoms with E-state index in [0.29, 0.717) is 25.3 Å². The Balaban J connectivity index is 2.07. The molecule has 1 rings (SSSR count). The van der Waals surface area contributed by atoms with Gasteiger partial charge in [0.25, 0.3) is 0 Å². The number of amides is 2. The number of carboxylic acids is 1. The van der Waals surface area contributed by atoms with E-state index < -0.39 is 5.97 Å². The van der Waals surface area contributed by atoms with Crippen LogP contribution < -0.4 is 10.6 Å². The number of urea groups is 1. The number of nitrogens with one attached hydrogen (secondary N) is 2. The third-order valence-corrected chi connectivity index (χ3v) is 3.53. The Morgan fingerprint density at radius 3 is 2.61 bits per heavy atom. The molecule has 0 radical (unpaired) electrons. The van der Waals surface area contributed by atoms with Crippen LogP contribution in [0.25, 0.3) is 0 Å². The lowest BCUT2D eigenvalue weighted by molar-refractivity contribution is -0.137. The minimum atomic E-state index is -0.782. The molecule has 2 atom stereocenters. The Labute approximate surface area is 108 Å². The molecule has 1 aliphatic carbocycles. The van der Waals surface area contributed by atoms with Gasteiger partial charge in [0.05, 0.1) is 0 Å². The number of unbranched alkanes of at least 4 members (excludes halogenated alkanes) is 1. The maximum Gasteiger partial charge on any atom is 0.315 e. The molecule has 104 valence electrons. The summed E-state index contributed by atoms with van der Waals surface area (Å²) in [5.74, 6) is -0.230. The van der Waals surface area contributed by atoms with Crippen molar-refractivity contribution in [2.24, 2.45) is 5.92 Å². The molecule has 0 aliphatic heterocycles. The molecule has 5 heteroatoms. The van der Waals surface area contributed by atoms with Crippen molar-refractivity contribution in [2.75, 3.05) is 6.54 Å². The zero-order chi connectivity index (χ0) is 13.4. The first-order valence-corrected chi connectivity index (χ1v) is 6.85. The standard InChI is InChI=1S/C13H24N2O3/c1-10-6-2-3-7-11(10)15-13(18)14-9-5-4-8-12(16)17/h10-11H,2-9H2,1H3,(H,16,17)(H2,14,15,18). The van der Waals surface area contributed by atoms with Crippen molar-refractivity contribution in [2.45, 2.75) is 57.9 Å². The smallest absolute Gasteiger partial charge is 0.315 e. The molecule has 0 saturated heterocycles. The predicted molar refractivity (Wildman–Crippen MR) is 69.4 cm³/mol. The van der Waals surface area contributed by atoms with Gasteiger partial charge in [-0.25, -0.2) is 4.79 Å². The van der Waals surface area contributed by atoms with Gasteiger partial charge in [0.15, 0.2) is 0 Å². The third kappa shape index (κ3) is 5.89. The average molecular weight is 256 g/mol. The molecule has 5 nitrogen and oxygen atoms in total. The van der Waals surface area contributed by atoms with Crippen molar-refractivity contribution in [3.8, 4) is 0 Å². The largest absolute Gasteiger partial charge is 0.481 e. The second-order valence-electron chi connectivity index (χ2n) is 5.12. The molecule has 0 aromatic rings. The van der Waals surface area contributed by atoms with Crippen LogP contribution in [0.1, 0.15) is 51.9 Å². The molecule has 0 aromatic carbocycles. The van der Waals surface area contributed by atoms with E-state index in [9.17, 15) is 9.59 Å². The highest BCUT2D eigenvalue weighted by atomic mass is 16.4. The fourth-order valence-electron chi connectivity index (χ4n) is 2.35. The van der Waals surface area contributed by atoms with Crippen LogP contribution in [0.4, 0.5) is 4.79 Å². The first-order chi connectivity index (χ1) is 8.59. The van der Waals surface area contributed by atoms with Gasteiger partial charge < -0.3 is 15.7 Å². The minimum absolute atomic E-state index is 0.121. The van der Waals surface area contributed by atoms with Crippen molar-refractivity contribution in [1.82, 2.24) is 10.6 Å². The molecule has 0 spiro atoms. The summed E-state index contributed by atoms with van der Waals surface area (Å²) in [4.78, 5) is 21.9. The summed E-state index contributed by atoms with van der Waals surface area (Å²) in [6.45, 7) is 2.72. The molecule has 0 aromatic heterocycles. The van der Waals surface area contributed by atoms with Crippen LogP contribution >= 0.6 is 0 Å². The van der Waals surface area contributed by atoms with Crippen molar-refractivity contribution in [3.05, 3.63) is 0 Å². The summed E-state index contributed by atoms with van der Waals surface area (Å²) in [6.07, 6.45) is 6.18. The summed E-state index contributed by atoms with van der Waals surface area (Å²) < 4.78 is 0. The van der Waals surface area contributed by atoms with E-state index in [-0.39, 0.29) is 18.5 Å². The first-order valence-electron chi connectivity index (χ1n) is 6.85. The fraction of sp³-hybridized carbons (Fsp3) is 0.846. The maximum atomic E-state index is 11.6. The van der Waals surface area contributed by atoms with E-state index in [1.807, 2.05) is 0 Å². The number of rotatable bonds is 6. The second-order valence-corrected chi connectivity index (χ2v) is 5.12. The first kappa shape index (κ1) is 14.8. The number of carboxylic acid groups (broad SMARTS) is 1. The lowest BCUT2D eigenvalue weighted by atomic mass is 9.86. The molecule has 1 fully saturated rings. The lowest BCUT2D eigenvalue weighted by Gasteiger charge is -2.29. The highest BCUT2D eigenvalue weighted by Gasteiger charge is 2.22. The molecule has 1 aliphatic rings. The molecular weight excluding hydrogens is 232 g/mol. The van der Waals surface area contributed by atoms with Gasteiger partial charge >= 0.3 is 12.0 Å². The third-order valence-electron chi connectivity index (χ3n) is 3.53. The highest BCUT2D eigenvalue weighted by molar-refractivity contribution is 5.74. The van der Waals surface area contributed by atoms with Crippen molar-refractivity contribution in [3.63, 3.8) is 0 Å². The van der Waals surface area contributed by atoms with E-state index in [4.69, 9.17) is 5.11 Å². The Morgan fingerprint density at radius 2 is 1.94 bits per heavy atom. The molecule has 0 heterocycles. The summed E-state index contributed by atoms with van der Waals surface area (Å²) in [7, 11) is 0. The Morgan fingerprint density at radius 1 is 1.22 bits per heavy atom. The summed E-state index contributed by atoms with van der Waals surface area (Å²) in [6, 6.07) is 0.168. The minimum Gasteiger partial charge on any atom is -0.481 e. The number of carbonyl (C=O) groups excluding carboxylic acids is 1. The normalized spacial score (nSPS) is 23.4. The zero-order valence-corrected chi connectivity index (χ0v) is 11.1. The lowest BCUT2D eigenvalue weighted by Crippen LogP contribution is -2.46. The molecule has 0 bridgehead atoms. The number of carbonyl (C=O) groups is 2. The van der Waals surface area contributed by atoms with Crippen molar-refractivity contribution >= 4 is 12.0 Å². The van der Waals surface area contributed by atoms with Crippen LogP contribution in [-0.4, -0.2) is 29.7 Å². The SMILES string of the molecule is CC1CCCCC1NC(=O)NCCCCC(=O)O. The average Bonchev–Trinajstić information content (AvgIpc) is 2.31. The van der Waals surface area contributed by atoms with Gasteiger partial charge in [-0.1, -0.05) is 19.8 Å². The molecule has 2 unspecified atom stereocenters. The molecular formula is C13H24N2O3. The van der Waals surface area contributed by atoms with Crippen LogP contribution in [-0.2, 0) is 4.79 Å². The fourth-order valence-corrected chi connectivity index (χ4v) is 2.35. The molecule has 3 N–H and O–H groups in total. The van der Waals surface area contributed by atoms with E-state index >= 15 is 0 Å². The predicted octanol–water partition coefficient (Wildman–Crippen LogP) is 2.12. The van der Waals surface area contributed by atoms with E-state index in [1.54, 1.807) is 0 Å². The second kappa shape index (κ2) is 7.95. The van der Waals surface area contributed by atoms with Crippen LogP contribution in [0.2, 0.25) is 0 Å². The van der Waals surface area contributed by atoms with Gasteiger partial charge in [0.1, 0.15) is 0 Å². The molecule has 18 heavy (non-hydrogen) atoms. The molecule has 1 saturated carbocycles. The highest BCUT2D eigenvalue weighted by Crippen LogP contribution is 2.23. The van der Waals surface area contributed by atoms with Crippen LogP contribution in [0.15, 0.2) is 0 Å². The zero-order valence-electron chi connectivity index (χ0n) is 11.1. The van der Waals surface area contributed by atoms with Gasteiger partial charge in [-0.05, 0) is 31.6 Å². The summed E-state index contributed by atoms with van der Waals surface area (Å²) >= 11 is 0. The topological polar surface area (TPSA) is 78.4 Å². The van der Waals surface area contributed by atoms with E-state index in [2.05, 4.69) is 17.6 Å². The van der Waals surface area contributed by atoms with Crippen LogP contribution in [0.5, 0.6) is 0 Å². The maximum absolute atomic E-state index is 11.6. The van der Waals surface area contributed by atoms with Crippen molar-refractivity contribution in [1.29, 1.82) is 0 Å². The van der Waals surface area contributed by atoms with Gasteiger partial charge in [-0.15, -0.1) is 0 Å². The summed E-state index contributed by atoms with van der Waals surface area (Å²) in [5, 5.41) is 14.3. The van der Waals surface area contributed by atoms with Gasteiger partial charge in [-0.2, -0.15) is 0 Å². The summed E-state index contributed by atoms with van der Waals surface area (Å²) in [5.41, 5.74) is 0. The van der Waals surface area contributed by atoms with E-state index in [0.717, 1.165) is 6.42 Å². The Kier molecular flexibility index (Phi) is 6.54. The Bertz CT molecular complexity index is 281. The number of hydrogen-bond acceptors (Lipinski definition) is 2. The van der Waals surface area contributed by atoms with Gasteiger partial charge in [0, 0.05) is 19.0 Å². The van der Waals surface area contributed by atoms with Crippen LogP contribution in [0, 0.1) is 5.92 Å². The number of hydrogen-bond donors (Lipinski definition) is 3. The van der Waals surface area contributed by atoms with Gasteiger partial charge in [-0.3, -0.25) is 4.79 Å².